The number of carbonyl (C=O) groups excluding carboxylic acids is 1. The summed E-state index contributed by atoms with van der Waals surface area (Å²) < 4.78 is 5.38. The predicted molar refractivity (Wildman–Crippen MR) is 75.5 cm³/mol. The van der Waals surface area contributed by atoms with Crippen molar-refractivity contribution in [3.63, 3.8) is 0 Å². The van der Waals surface area contributed by atoms with E-state index in [4.69, 9.17) is 4.74 Å². The third-order valence-electron chi connectivity index (χ3n) is 2.99. The molecule has 1 aliphatic carbocycles. The molecule has 0 N–H and O–H groups in total. The molecule has 0 aromatic heterocycles. The quantitative estimate of drug-likeness (QED) is 0.756. The molecule has 98 valence electrons. The molecule has 2 rings (SSSR count). The van der Waals surface area contributed by atoms with E-state index in [1.807, 2.05) is 36.1 Å². The first kappa shape index (κ1) is 13.4. The monoisotopic (exact) mass is 311 g/mol. The Hall–Kier alpha value is -1.03. The van der Waals surface area contributed by atoms with Crippen LogP contribution in [0.1, 0.15) is 30.1 Å². The Morgan fingerprint density at radius 2 is 2.06 bits per heavy atom. The zero-order valence-electron chi connectivity index (χ0n) is 10.6. The molecular formula is C14H18BrNO2. The van der Waals surface area contributed by atoms with Gasteiger partial charge in [0, 0.05) is 23.5 Å². The van der Waals surface area contributed by atoms with Gasteiger partial charge in [0.25, 0.3) is 5.91 Å². The predicted octanol–water partition coefficient (Wildman–Crippen LogP) is 3.08. The van der Waals surface area contributed by atoms with Crippen molar-refractivity contribution in [2.75, 3.05) is 18.5 Å². The van der Waals surface area contributed by atoms with Crippen molar-refractivity contribution in [3.05, 3.63) is 29.8 Å². The topological polar surface area (TPSA) is 29.5 Å². The van der Waals surface area contributed by atoms with Crippen molar-refractivity contribution in [2.24, 2.45) is 0 Å². The second-order valence-electron chi connectivity index (χ2n) is 4.38. The lowest BCUT2D eigenvalue weighted by Crippen LogP contribution is -2.34. The summed E-state index contributed by atoms with van der Waals surface area (Å²) in [6, 6.07) is 7.85. The van der Waals surface area contributed by atoms with E-state index in [0.717, 1.165) is 36.0 Å². The number of hydrogen-bond donors (Lipinski definition) is 0. The molecule has 18 heavy (non-hydrogen) atoms. The first-order valence-corrected chi connectivity index (χ1v) is 7.48. The summed E-state index contributed by atoms with van der Waals surface area (Å²) in [4.78, 5) is 14.3. The van der Waals surface area contributed by atoms with Crippen molar-refractivity contribution >= 4 is 21.8 Å². The number of benzene rings is 1. The summed E-state index contributed by atoms with van der Waals surface area (Å²) in [5.74, 6) is 0.938. The molecule has 3 nitrogen and oxygen atoms in total. The van der Waals surface area contributed by atoms with E-state index < -0.39 is 0 Å². The van der Waals surface area contributed by atoms with Gasteiger partial charge in [-0.15, -0.1) is 0 Å². The van der Waals surface area contributed by atoms with Gasteiger partial charge in [-0.3, -0.25) is 4.79 Å². The molecular weight excluding hydrogens is 294 g/mol. The van der Waals surface area contributed by atoms with E-state index in [0.29, 0.717) is 12.6 Å². The smallest absolute Gasteiger partial charge is 0.254 e. The van der Waals surface area contributed by atoms with Crippen LogP contribution in [0.4, 0.5) is 0 Å². The fourth-order valence-electron chi connectivity index (χ4n) is 1.95. The van der Waals surface area contributed by atoms with Crippen LogP contribution in [0.25, 0.3) is 0 Å². The Kier molecular flexibility index (Phi) is 4.64. The van der Waals surface area contributed by atoms with Gasteiger partial charge >= 0.3 is 0 Å². The van der Waals surface area contributed by atoms with Crippen molar-refractivity contribution < 1.29 is 9.53 Å². The molecule has 1 aromatic rings. The highest BCUT2D eigenvalue weighted by atomic mass is 79.9. The van der Waals surface area contributed by atoms with Gasteiger partial charge in [0.15, 0.2) is 0 Å². The van der Waals surface area contributed by atoms with Crippen molar-refractivity contribution in [1.82, 2.24) is 4.90 Å². The average Bonchev–Trinajstić information content (AvgIpc) is 3.21. The van der Waals surface area contributed by atoms with Crippen LogP contribution < -0.4 is 4.74 Å². The molecule has 0 heterocycles. The summed E-state index contributed by atoms with van der Waals surface area (Å²) in [5.41, 5.74) is 0.742. The summed E-state index contributed by atoms with van der Waals surface area (Å²) in [6.07, 6.45) is 2.27. The number of ether oxygens (including phenoxy) is 1. The first-order chi connectivity index (χ1) is 8.76. The van der Waals surface area contributed by atoms with Gasteiger partial charge in [-0.25, -0.2) is 0 Å². The summed E-state index contributed by atoms with van der Waals surface area (Å²) in [7, 11) is 0. The fraction of sp³-hybridized carbons (Fsp3) is 0.500. The van der Waals surface area contributed by atoms with Gasteiger partial charge in [-0.05, 0) is 44.0 Å². The van der Waals surface area contributed by atoms with Gasteiger partial charge in [0.1, 0.15) is 5.75 Å². The highest BCUT2D eigenvalue weighted by Crippen LogP contribution is 2.28. The normalized spacial score (nSPS) is 14.3. The Morgan fingerprint density at radius 1 is 1.39 bits per heavy atom. The van der Waals surface area contributed by atoms with E-state index in [-0.39, 0.29) is 5.91 Å². The zero-order chi connectivity index (χ0) is 13.0. The third-order valence-corrected chi connectivity index (χ3v) is 3.34. The number of amides is 1. The highest BCUT2D eigenvalue weighted by molar-refractivity contribution is 9.09. The van der Waals surface area contributed by atoms with E-state index >= 15 is 0 Å². The van der Waals surface area contributed by atoms with E-state index in [9.17, 15) is 4.79 Å². The van der Waals surface area contributed by atoms with Gasteiger partial charge in [-0.1, -0.05) is 15.9 Å². The lowest BCUT2D eigenvalue weighted by Gasteiger charge is -2.21. The van der Waals surface area contributed by atoms with Crippen LogP contribution in [0.3, 0.4) is 0 Å². The number of nitrogens with zero attached hydrogens (tertiary/aromatic N) is 1. The maximum Gasteiger partial charge on any atom is 0.254 e. The van der Waals surface area contributed by atoms with Crippen LogP contribution >= 0.6 is 15.9 Å². The molecule has 1 amide bonds. The highest BCUT2D eigenvalue weighted by Gasteiger charge is 2.32. The first-order valence-electron chi connectivity index (χ1n) is 6.36. The molecule has 4 heteroatoms. The minimum atomic E-state index is 0.125. The van der Waals surface area contributed by atoms with Crippen molar-refractivity contribution in [2.45, 2.75) is 25.8 Å². The molecule has 0 atom stereocenters. The zero-order valence-corrected chi connectivity index (χ0v) is 12.1. The maximum absolute atomic E-state index is 12.3. The Bertz CT molecular complexity index is 401. The minimum absolute atomic E-state index is 0.125. The number of rotatable bonds is 6. The molecule has 1 aromatic carbocycles. The van der Waals surface area contributed by atoms with Crippen LogP contribution in [0.5, 0.6) is 5.75 Å². The number of carbonyl (C=O) groups is 1. The van der Waals surface area contributed by atoms with Crippen LogP contribution in [0.15, 0.2) is 24.3 Å². The van der Waals surface area contributed by atoms with Crippen molar-refractivity contribution in [1.29, 1.82) is 0 Å². The molecule has 0 radical (unpaired) electrons. The Morgan fingerprint density at radius 3 is 2.56 bits per heavy atom. The Labute approximate surface area is 116 Å². The summed E-state index contributed by atoms with van der Waals surface area (Å²) >= 11 is 3.41. The molecule has 0 saturated heterocycles. The second kappa shape index (κ2) is 6.23. The second-order valence-corrected chi connectivity index (χ2v) is 5.17. The van der Waals surface area contributed by atoms with Crippen molar-refractivity contribution in [3.8, 4) is 5.75 Å². The Balaban J connectivity index is 2.06. The van der Waals surface area contributed by atoms with Gasteiger partial charge in [-0.2, -0.15) is 0 Å². The maximum atomic E-state index is 12.3. The third kappa shape index (κ3) is 3.25. The molecule has 1 aliphatic rings. The molecule has 0 spiro atoms. The number of hydrogen-bond acceptors (Lipinski definition) is 2. The van der Waals surface area contributed by atoms with Crippen LogP contribution in [0.2, 0.25) is 0 Å². The lowest BCUT2D eigenvalue weighted by molar-refractivity contribution is 0.0754. The van der Waals surface area contributed by atoms with E-state index in [1.165, 1.54) is 0 Å². The fourth-order valence-corrected chi connectivity index (χ4v) is 2.34. The molecule has 0 aliphatic heterocycles. The number of alkyl halides is 1. The minimum Gasteiger partial charge on any atom is -0.494 e. The van der Waals surface area contributed by atoms with Crippen LogP contribution in [0, 0.1) is 0 Å². The average molecular weight is 312 g/mol. The number of halogens is 1. The SMILES string of the molecule is CCOc1ccc(C(=O)N(CCBr)C2CC2)cc1. The van der Waals surface area contributed by atoms with Gasteiger partial charge in [0.2, 0.25) is 0 Å². The molecule has 0 bridgehead atoms. The van der Waals surface area contributed by atoms with E-state index in [1.54, 1.807) is 0 Å². The molecule has 1 fully saturated rings. The summed E-state index contributed by atoms with van der Waals surface area (Å²) in [5, 5.41) is 0.826. The van der Waals surface area contributed by atoms with Crippen LogP contribution in [-0.2, 0) is 0 Å². The summed E-state index contributed by atoms with van der Waals surface area (Å²) in [6.45, 7) is 3.37. The molecule has 1 saturated carbocycles. The lowest BCUT2D eigenvalue weighted by atomic mass is 10.2. The van der Waals surface area contributed by atoms with Gasteiger partial charge in [0.05, 0.1) is 6.61 Å². The van der Waals surface area contributed by atoms with Gasteiger partial charge < -0.3 is 9.64 Å². The van der Waals surface area contributed by atoms with Crippen LogP contribution in [-0.4, -0.2) is 35.3 Å². The van der Waals surface area contributed by atoms with E-state index in [2.05, 4.69) is 15.9 Å². The standard InChI is InChI=1S/C14H18BrNO2/c1-2-18-13-7-3-11(4-8-13)14(17)16(10-9-15)12-5-6-12/h3-4,7-8,12H,2,5-6,9-10H2,1H3. The molecule has 0 unspecified atom stereocenters. The largest absolute Gasteiger partial charge is 0.494 e.